The van der Waals surface area contributed by atoms with Crippen molar-refractivity contribution in [2.75, 3.05) is 50.7 Å². The van der Waals surface area contributed by atoms with Crippen molar-refractivity contribution >= 4 is 23.6 Å². The van der Waals surface area contributed by atoms with Gasteiger partial charge in [-0.15, -0.1) is 0 Å². The summed E-state index contributed by atoms with van der Waals surface area (Å²) in [6.45, 7) is 1.72. The molecule has 1 atom stereocenters. The number of carboxylic acids is 1. The van der Waals surface area contributed by atoms with E-state index >= 15 is 0 Å². The Morgan fingerprint density at radius 2 is 1.96 bits per heavy atom. The van der Waals surface area contributed by atoms with Gasteiger partial charge in [0.05, 0.1) is 26.2 Å². The van der Waals surface area contributed by atoms with E-state index in [0.717, 1.165) is 0 Å². The third-order valence-corrected chi connectivity index (χ3v) is 4.91. The van der Waals surface area contributed by atoms with Crippen molar-refractivity contribution in [2.24, 2.45) is 5.73 Å². The minimum atomic E-state index is -0.906. The number of quaternary nitrogens is 1. The van der Waals surface area contributed by atoms with Gasteiger partial charge in [-0.2, -0.15) is 0 Å². The van der Waals surface area contributed by atoms with Crippen LogP contribution in [0.15, 0.2) is 24.3 Å². The standard InChI is InChI=1S/C17H23N5O5/c18-16(19)12-1-3-13(4-2-12)21-9-14(27-17(21)25)11-22(26)7-5-20(6-8-22)10-15(23)24/h1-4,14H,5-11H2,(H3,18,19)(H,23,24)/t14-/m1/s1. The van der Waals surface area contributed by atoms with Gasteiger partial charge in [-0.25, -0.2) is 4.79 Å². The van der Waals surface area contributed by atoms with Crippen LogP contribution in [-0.4, -0.2) is 84.5 Å². The highest BCUT2D eigenvalue weighted by atomic mass is 16.6. The van der Waals surface area contributed by atoms with Gasteiger partial charge in [-0.1, -0.05) is 0 Å². The molecule has 2 aliphatic heterocycles. The third-order valence-electron chi connectivity index (χ3n) is 4.91. The maximum Gasteiger partial charge on any atom is 0.414 e. The molecule has 0 bridgehead atoms. The first kappa shape index (κ1) is 19.1. The number of anilines is 1. The highest BCUT2D eigenvalue weighted by Gasteiger charge is 2.38. The monoisotopic (exact) mass is 377 g/mol. The Balaban J connectivity index is 1.57. The van der Waals surface area contributed by atoms with Crippen LogP contribution in [-0.2, 0) is 9.53 Å². The van der Waals surface area contributed by atoms with Crippen molar-refractivity contribution in [3.8, 4) is 0 Å². The Morgan fingerprint density at radius 3 is 2.52 bits per heavy atom. The number of amides is 1. The number of piperazine rings is 1. The number of nitrogens with two attached hydrogens (primary N) is 1. The summed E-state index contributed by atoms with van der Waals surface area (Å²) in [5, 5.41) is 29.1. The molecule has 0 unspecified atom stereocenters. The average molecular weight is 377 g/mol. The first-order chi connectivity index (χ1) is 12.8. The predicted molar refractivity (Wildman–Crippen MR) is 97.4 cm³/mol. The van der Waals surface area contributed by atoms with Crippen LogP contribution >= 0.6 is 0 Å². The highest BCUT2D eigenvalue weighted by molar-refractivity contribution is 5.96. The molecule has 0 radical (unpaired) electrons. The van der Waals surface area contributed by atoms with Gasteiger partial charge >= 0.3 is 12.1 Å². The Morgan fingerprint density at radius 1 is 1.33 bits per heavy atom. The van der Waals surface area contributed by atoms with Crippen molar-refractivity contribution in [1.29, 1.82) is 5.41 Å². The second kappa shape index (κ2) is 7.51. The minimum Gasteiger partial charge on any atom is -0.633 e. The number of carbonyl (C=O) groups is 2. The molecule has 2 saturated heterocycles. The van der Waals surface area contributed by atoms with Crippen LogP contribution in [0, 0.1) is 10.6 Å². The van der Waals surface area contributed by atoms with E-state index in [1.165, 1.54) is 4.90 Å². The van der Waals surface area contributed by atoms with Crippen LogP contribution in [0.2, 0.25) is 0 Å². The first-order valence-corrected chi connectivity index (χ1v) is 8.70. The Bertz CT molecular complexity index is 730. The SMILES string of the molecule is N=C(N)c1ccc(N2C[C@H](C[N+]3([O-])CCN(CC(=O)O)CC3)OC2=O)cc1. The number of amidine groups is 1. The molecule has 146 valence electrons. The molecule has 0 aromatic heterocycles. The maximum atomic E-state index is 12.9. The molecule has 2 heterocycles. The molecule has 0 aliphatic carbocycles. The zero-order chi connectivity index (χ0) is 19.6. The van der Waals surface area contributed by atoms with Gasteiger partial charge in [-0.05, 0) is 24.3 Å². The van der Waals surface area contributed by atoms with Crippen LogP contribution < -0.4 is 10.6 Å². The Labute approximate surface area is 156 Å². The molecular weight excluding hydrogens is 354 g/mol. The second-order valence-corrected chi connectivity index (χ2v) is 6.93. The van der Waals surface area contributed by atoms with E-state index in [4.69, 9.17) is 21.0 Å². The molecular formula is C17H23N5O5. The fourth-order valence-corrected chi connectivity index (χ4v) is 3.42. The van der Waals surface area contributed by atoms with Gasteiger partial charge < -0.3 is 25.4 Å². The Hall–Kier alpha value is -2.69. The quantitative estimate of drug-likeness (QED) is 0.274. The molecule has 10 nitrogen and oxygen atoms in total. The third kappa shape index (κ3) is 4.54. The molecule has 10 heteroatoms. The normalized spacial score (nSPS) is 22.5. The largest absolute Gasteiger partial charge is 0.633 e. The van der Waals surface area contributed by atoms with Gasteiger partial charge in [0.15, 0.2) is 6.10 Å². The number of carboxylic acid groups (broad SMARTS) is 1. The van der Waals surface area contributed by atoms with Gasteiger partial charge in [-0.3, -0.25) is 20.0 Å². The van der Waals surface area contributed by atoms with Crippen LogP contribution in [0.5, 0.6) is 0 Å². The van der Waals surface area contributed by atoms with E-state index < -0.39 is 22.8 Å². The van der Waals surface area contributed by atoms with E-state index in [0.29, 0.717) is 24.3 Å². The molecule has 1 aromatic rings. The number of nitrogen functional groups attached to an aromatic ring is 1. The highest BCUT2D eigenvalue weighted by Crippen LogP contribution is 2.24. The summed E-state index contributed by atoms with van der Waals surface area (Å²) in [7, 11) is 0. The molecule has 4 N–H and O–H groups in total. The van der Waals surface area contributed by atoms with Crippen molar-refractivity contribution < 1.29 is 24.1 Å². The van der Waals surface area contributed by atoms with Crippen LogP contribution in [0.25, 0.3) is 0 Å². The number of ether oxygens (including phenoxy) is 1. The fraction of sp³-hybridized carbons (Fsp3) is 0.471. The first-order valence-electron chi connectivity index (χ1n) is 8.70. The summed E-state index contributed by atoms with van der Waals surface area (Å²) in [6.07, 6.45) is -1.03. The lowest BCUT2D eigenvalue weighted by molar-refractivity contribution is -0.887. The summed E-state index contributed by atoms with van der Waals surface area (Å²) in [4.78, 5) is 26.1. The maximum absolute atomic E-state index is 12.9. The number of hydrogen-bond acceptors (Lipinski definition) is 6. The number of rotatable bonds is 6. The van der Waals surface area contributed by atoms with Gasteiger partial charge in [0.25, 0.3) is 0 Å². The molecule has 1 aromatic carbocycles. The van der Waals surface area contributed by atoms with Gasteiger partial charge in [0.1, 0.15) is 12.4 Å². The van der Waals surface area contributed by atoms with Gasteiger partial charge in [0.2, 0.25) is 0 Å². The molecule has 27 heavy (non-hydrogen) atoms. The molecule has 1 amide bonds. The molecule has 0 spiro atoms. The number of hydroxylamine groups is 3. The summed E-state index contributed by atoms with van der Waals surface area (Å²) < 4.78 is 4.87. The van der Waals surface area contributed by atoms with E-state index in [1.807, 2.05) is 0 Å². The molecule has 2 aliphatic rings. The number of cyclic esters (lactones) is 1. The topological polar surface area (TPSA) is 143 Å². The lowest BCUT2D eigenvalue weighted by atomic mass is 10.2. The molecule has 2 fully saturated rings. The summed E-state index contributed by atoms with van der Waals surface area (Å²) in [6, 6.07) is 6.68. The van der Waals surface area contributed by atoms with E-state index in [1.54, 1.807) is 29.2 Å². The summed E-state index contributed by atoms with van der Waals surface area (Å²) in [5.41, 5.74) is 6.61. The van der Waals surface area contributed by atoms with Crippen LogP contribution in [0.1, 0.15) is 5.56 Å². The lowest BCUT2D eigenvalue weighted by Crippen LogP contribution is -2.59. The number of aliphatic carboxylic acids is 1. The number of nitrogens with one attached hydrogen (secondary N) is 1. The second-order valence-electron chi connectivity index (χ2n) is 6.93. The van der Waals surface area contributed by atoms with Crippen molar-refractivity contribution in [2.45, 2.75) is 6.10 Å². The van der Waals surface area contributed by atoms with Crippen molar-refractivity contribution in [3.05, 3.63) is 35.0 Å². The summed E-state index contributed by atoms with van der Waals surface area (Å²) in [5.74, 6) is -0.958. The van der Waals surface area contributed by atoms with E-state index in [9.17, 15) is 14.8 Å². The smallest absolute Gasteiger partial charge is 0.414 e. The van der Waals surface area contributed by atoms with E-state index in [-0.39, 0.29) is 38.6 Å². The van der Waals surface area contributed by atoms with Crippen molar-refractivity contribution in [3.63, 3.8) is 0 Å². The fourth-order valence-electron chi connectivity index (χ4n) is 3.42. The van der Waals surface area contributed by atoms with Crippen LogP contribution in [0.4, 0.5) is 10.5 Å². The predicted octanol–water partition coefficient (Wildman–Crippen LogP) is 0.0107. The molecule has 0 saturated carbocycles. The van der Waals surface area contributed by atoms with Gasteiger partial charge in [0, 0.05) is 24.3 Å². The van der Waals surface area contributed by atoms with Crippen molar-refractivity contribution in [1.82, 2.24) is 4.90 Å². The van der Waals surface area contributed by atoms with Crippen LogP contribution in [0.3, 0.4) is 0 Å². The number of nitrogens with zero attached hydrogens (tertiary/aromatic N) is 3. The number of carbonyl (C=O) groups excluding carboxylic acids is 1. The van der Waals surface area contributed by atoms with E-state index in [2.05, 4.69) is 0 Å². The number of benzene rings is 1. The zero-order valence-corrected chi connectivity index (χ0v) is 14.8. The zero-order valence-electron chi connectivity index (χ0n) is 14.8. The molecule has 3 rings (SSSR count). The lowest BCUT2D eigenvalue weighted by Gasteiger charge is -2.48. The summed E-state index contributed by atoms with van der Waals surface area (Å²) >= 11 is 0. The minimum absolute atomic E-state index is 0.0525. The Kier molecular flexibility index (Phi) is 5.31. The number of hydrogen-bond donors (Lipinski definition) is 3. The average Bonchev–Trinajstić information content (AvgIpc) is 2.96.